The van der Waals surface area contributed by atoms with E-state index >= 15 is 0 Å². The Morgan fingerprint density at radius 3 is 2.38 bits per heavy atom. The van der Waals surface area contributed by atoms with Crippen LogP contribution in [-0.2, 0) is 11.2 Å². The van der Waals surface area contributed by atoms with E-state index in [4.69, 9.17) is 27.9 Å². The van der Waals surface area contributed by atoms with Crippen LogP contribution in [0.25, 0.3) is 0 Å². The van der Waals surface area contributed by atoms with Gasteiger partial charge in [0.05, 0.1) is 5.60 Å². The van der Waals surface area contributed by atoms with Crippen molar-refractivity contribution < 1.29 is 9.84 Å². The smallest absolute Gasteiger partial charge is 0.0682 e. The lowest BCUT2D eigenvalue weighted by atomic mass is 9.93. The van der Waals surface area contributed by atoms with Crippen molar-refractivity contribution in [3.05, 3.63) is 33.8 Å². The summed E-state index contributed by atoms with van der Waals surface area (Å²) in [6, 6.07) is 5.34. The summed E-state index contributed by atoms with van der Waals surface area (Å²) in [5.41, 5.74) is -0.0723. The number of rotatable bonds is 5. The van der Waals surface area contributed by atoms with Gasteiger partial charge in [-0.05, 0) is 31.0 Å². The highest BCUT2D eigenvalue weighted by Crippen LogP contribution is 2.29. The number of aliphatic hydroxyl groups is 1. The molecule has 0 spiro atoms. The van der Waals surface area contributed by atoms with Crippen molar-refractivity contribution in [1.29, 1.82) is 0 Å². The van der Waals surface area contributed by atoms with Gasteiger partial charge in [0.25, 0.3) is 0 Å². The van der Waals surface area contributed by atoms with Crippen molar-refractivity contribution >= 4 is 23.2 Å². The molecule has 0 aromatic heterocycles. The highest BCUT2D eigenvalue weighted by atomic mass is 35.5. The molecule has 0 radical (unpaired) electrons. The molecule has 0 saturated heterocycles. The molecule has 0 aliphatic rings. The van der Waals surface area contributed by atoms with Gasteiger partial charge in [-0.3, -0.25) is 0 Å². The van der Waals surface area contributed by atoms with Gasteiger partial charge in [0.2, 0.25) is 0 Å². The van der Waals surface area contributed by atoms with Crippen molar-refractivity contribution in [1.82, 2.24) is 0 Å². The lowest BCUT2D eigenvalue weighted by molar-refractivity contribution is 0.0249. The maximum atomic E-state index is 10.2. The van der Waals surface area contributed by atoms with Gasteiger partial charge in [-0.25, -0.2) is 0 Å². The van der Waals surface area contributed by atoms with Crippen LogP contribution in [0.2, 0.25) is 10.0 Å². The predicted molar refractivity (Wildman–Crippen MR) is 67.3 cm³/mol. The fourth-order valence-corrected chi connectivity index (χ4v) is 2.02. The van der Waals surface area contributed by atoms with Crippen LogP contribution in [0.4, 0.5) is 0 Å². The summed E-state index contributed by atoms with van der Waals surface area (Å²) >= 11 is 12.1. The van der Waals surface area contributed by atoms with Crippen LogP contribution in [-0.4, -0.2) is 24.4 Å². The molecular weight excluding hydrogens is 247 g/mol. The van der Waals surface area contributed by atoms with Gasteiger partial charge in [0.1, 0.15) is 0 Å². The average Bonchev–Trinajstić information content (AvgIpc) is 2.21. The second kappa shape index (κ2) is 5.87. The first-order valence-corrected chi connectivity index (χ1v) is 5.86. The van der Waals surface area contributed by atoms with Crippen molar-refractivity contribution in [2.45, 2.75) is 25.4 Å². The Bertz CT molecular complexity index is 331. The van der Waals surface area contributed by atoms with E-state index in [1.165, 1.54) is 0 Å². The molecule has 1 rings (SSSR count). The van der Waals surface area contributed by atoms with Crippen molar-refractivity contribution in [3.63, 3.8) is 0 Å². The summed E-state index contributed by atoms with van der Waals surface area (Å²) in [5, 5.41) is 11.3. The van der Waals surface area contributed by atoms with E-state index < -0.39 is 5.60 Å². The number of methoxy groups -OCH3 is 1. The standard InChI is InChI=1S/C12H16Cl2O2/c1-12(15,6-7-16-2)8-9-10(13)4-3-5-11(9)14/h3-5,15H,6-8H2,1-2H3. The Morgan fingerprint density at radius 2 is 1.88 bits per heavy atom. The molecule has 1 aromatic rings. The number of hydrogen-bond acceptors (Lipinski definition) is 2. The minimum absolute atomic E-state index is 0.425. The Hall–Kier alpha value is -0.280. The maximum Gasteiger partial charge on any atom is 0.0682 e. The van der Waals surface area contributed by atoms with Crippen LogP contribution in [0.3, 0.4) is 0 Å². The molecular formula is C12H16Cl2O2. The number of hydrogen-bond donors (Lipinski definition) is 1. The topological polar surface area (TPSA) is 29.5 Å². The van der Waals surface area contributed by atoms with Crippen LogP contribution in [0.1, 0.15) is 18.9 Å². The first-order chi connectivity index (χ1) is 7.46. The normalized spacial score (nSPS) is 14.8. The zero-order valence-electron chi connectivity index (χ0n) is 9.46. The van der Waals surface area contributed by atoms with E-state index in [1.54, 1.807) is 32.2 Å². The number of benzene rings is 1. The third-order valence-electron chi connectivity index (χ3n) is 2.46. The number of halogens is 2. The molecule has 1 atom stereocenters. The van der Waals surface area contributed by atoms with Gasteiger partial charge in [-0.2, -0.15) is 0 Å². The zero-order chi connectivity index (χ0) is 12.2. The first-order valence-electron chi connectivity index (χ1n) is 5.10. The van der Waals surface area contributed by atoms with Crippen LogP contribution in [0, 0.1) is 0 Å². The summed E-state index contributed by atoms with van der Waals surface area (Å²) < 4.78 is 4.95. The second-order valence-corrected chi connectivity index (χ2v) is 4.93. The highest BCUT2D eigenvalue weighted by Gasteiger charge is 2.23. The van der Waals surface area contributed by atoms with Gasteiger partial charge in [-0.1, -0.05) is 29.3 Å². The molecule has 0 amide bonds. The molecule has 4 heteroatoms. The third-order valence-corrected chi connectivity index (χ3v) is 3.17. The molecule has 0 heterocycles. The fourth-order valence-electron chi connectivity index (χ4n) is 1.49. The Kier molecular flexibility index (Phi) is 5.06. The van der Waals surface area contributed by atoms with E-state index in [9.17, 15) is 5.11 Å². The van der Waals surface area contributed by atoms with Gasteiger partial charge in [0, 0.05) is 30.2 Å². The van der Waals surface area contributed by atoms with E-state index in [0.29, 0.717) is 29.5 Å². The molecule has 16 heavy (non-hydrogen) atoms. The average molecular weight is 263 g/mol. The number of ether oxygens (including phenoxy) is 1. The molecule has 1 aromatic carbocycles. The predicted octanol–water partition coefficient (Wildman–Crippen LogP) is 3.32. The minimum Gasteiger partial charge on any atom is -0.390 e. The first kappa shape index (κ1) is 13.8. The lowest BCUT2D eigenvalue weighted by Gasteiger charge is -2.24. The van der Waals surface area contributed by atoms with Crippen molar-refractivity contribution in [2.75, 3.05) is 13.7 Å². The summed E-state index contributed by atoms with van der Waals surface area (Å²) in [5.74, 6) is 0. The molecule has 0 aliphatic carbocycles. The molecule has 0 fully saturated rings. The van der Waals surface area contributed by atoms with Gasteiger partial charge >= 0.3 is 0 Å². The van der Waals surface area contributed by atoms with Gasteiger partial charge < -0.3 is 9.84 Å². The molecule has 90 valence electrons. The van der Waals surface area contributed by atoms with Crippen LogP contribution in [0.15, 0.2) is 18.2 Å². The maximum absolute atomic E-state index is 10.2. The van der Waals surface area contributed by atoms with Crippen LogP contribution >= 0.6 is 23.2 Å². The molecule has 1 unspecified atom stereocenters. The summed E-state index contributed by atoms with van der Waals surface area (Å²) in [6.45, 7) is 2.26. The summed E-state index contributed by atoms with van der Waals surface area (Å²) in [7, 11) is 1.61. The van der Waals surface area contributed by atoms with E-state index in [1.807, 2.05) is 0 Å². The monoisotopic (exact) mass is 262 g/mol. The highest BCUT2D eigenvalue weighted by molar-refractivity contribution is 6.36. The van der Waals surface area contributed by atoms with Crippen molar-refractivity contribution in [2.24, 2.45) is 0 Å². The van der Waals surface area contributed by atoms with E-state index in [-0.39, 0.29) is 0 Å². The van der Waals surface area contributed by atoms with Gasteiger partial charge in [-0.15, -0.1) is 0 Å². The molecule has 0 saturated carbocycles. The minimum atomic E-state index is -0.857. The fraction of sp³-hybridized carbons (Fsp3) is 0.500. The van der Waals surface area contributed by atoms with Crippen molar-refractivity contribution in [3.8, 4) is 0 Å². The summed E-state index contributed by atoms with van der Waals surface area (Å²) in [6.07, 6.45) is 0.972. The van der Waals surface area contributed by atoms with E-state index in [0.717, 1.165) is 5.56 Å². The lowest BCUT2D eigenvalue weighted by Crippen LogP contribution is -2.29. The Morgan fingerprint density at radius 1 is 1.31 bits per heavy atom. The Labute approximate surface area is 106 Å². The molecule has 0 bridgehead atoms. The largest absolute Gasteiger partial charge is 0.390 e. The molecule has 1 N–H and O–H groups in total. The summed E-state index contributed by atoms with van der Waals surface area (Å²) in [4.78, 5) is 0. The Balaban J connectivity index is 2.79. The van der Waals surface area contributed by atoms with Gasteiger partial charge in [0.15, 0.2) is 0 Å². The third kappa shape index (κ3) is 3.95. The van der Waals surface area contributed by atoms with Crippen LogP contribution in [0.5, 0.6) is 0 Å². The van der Waals surface area contributed by atoms with Crippen LogP contribution < -0.4 is 0 Å². The molecule has 0 aliphatic heterocycles. The quantitative estimate of drug-likeness (QED) is 0.883. The van der Waals surface area contributed by atoms with E-state index in [2.05, 4.69) is 0 Å². The second-order valence-electron chi connectivity index (χ2n) is 4.12. The molecule has 2 nitrogen and oxygen atoms in total. The zero-order valence-corrected chi connectivity index (χ0v) is 11.0. The SMILES string of the molecule is COCCC(C)(O)Cc1c(Cl)cccc1Cl.